The molecule has 2 amide bonds. The molecule has 0 aromatic heterocycles. The summed E-state index contributed by atoms with van der Waals surface area (Å²) in [4.78, 5) is 33.1. The average Bonchev–Trinajstić information content (AvgIpc) is 2.32. The van der Waals surface area contributed by atoms with Crippen LogP contribution in [0.5, 0.6) is 0 Å². The van der Waals surface area contributed by atoms with Gasteiger partial charge in [-0.1, -0.05) is 13.0 Å². The second-order valence-corrected chi connectivity index (χ2v) is 4.76. The monoisotopic (exact) mass is 292 g/mol. The van der Waals surface area contributed by atoms with E-state index in [1.54, 1.807) is 13.8 Å². The summed E-state index contributed by atoms with van der Waals surface area (Å²) in [5, 5.41) is 15.4. The SMILES string of the molecule is C=CC(=O)NC(C)(C)C(=O)NCCCCCC(=O)[O-].[Na+]. The van der Waals surface area contributed by atoms with Crippen LogP contribution in [0.2, 0.25) is 0 Å². The molecule has 2 N–H and O–H groups in total. The zero-order valence-electron chi connectivity index (χ0n) is 12.5. The number of aliphatic carboxylic acids is 1. The molecule has 0 aliphatic heterocycles. The minimum atomic E-state index is -1.06. The van der Waals surface area contributed by atoms with Gasteiger partial charge in [-0.3, -0.25) is 9.59 Å². The van der Waals surface area contributed by atoms with Crippen molar-refractivity contribution < 1.29 is 49.0 Å². The summed E-state index contributed by atoms with van der Waals surface area (Å²) in [5.74, 6) is -1.76. The van der Waals surface area contributed by atoms with Crippen molar-refractivity contribution in [3.8, 4) is 0 Å². The van der Waals surface area contributed by atoms with Crippen molar-refractivity contribution in [1.82, 2.24) is 10.6 Å². The van der Waals surface area contributed by atoms with Gasteiger partial charge in [0.05, 0.1) is 0 Å². The summed E-state index contributed by atoms with van der Waals surface area (Å²) < 4.78 is 0. The summed E-state index contributed by atoms with van der Waals surface area (Å²) in [6.07, 6.45) is 3.07. The van der Waals surface area contributed by atoms with Crippen LogP contribution in [0.4, 0.5) is 0 Å². The molecular weight excluding hydrogens is 271 g/mol. The topological polar surface area (TPSA) is 98.3 Å². The Morgan fingerprint density at radius 1 is 1.20 bits per heavy atom. The number of carbonyl (C=O) groups is 3. The molecule has 0 aromatic carbocycles. The van der Waals surface area contributed by atoms with E-state index < -0.39 is 17.4 Å². The molecule has 0 heterocycles. The van der Waals surface area contributed by atoms with E-state index in [1.165, 1.54) is 0 Å². The van der Waals surface area contributed by atoms with Gasteiger partial charge < -0.3 is 20.5 Å². The molecule has 0 saturated carbocycles. The summed E-state index contributed by atoms with van der Waals surface area (Å²) >= 11 is 0. The predicted octanol–water partition coefficient (Wildman–Crippen LogP) is -3.50. The molecule has 0 bridgehead atoms. The molecule has 0 unspecified atom stereocenters. The minimum absolute atomic E-state index is 0. The summed E-state index contributed by atoms with van der Waals surface area (Å²) in [6, 6.07) is 0. The molecule has 0 atom stereocenters. The van der Waals surface area contributed by atoms with Crippen molar-refractivity contribution in [2.75, 3.05) is 6.54 Å². The van der Waals surface area contributed by atoms with Crippen LogP contribution in [0.25, 0.3) is 0 Å². The third kappa shape index (κ3) is 10.00. The fraction of sp³-hybridized carbons (Fsp3) is 0.615. The second-order valence-electron chi connectivity index (χ2n) is 4.76. The van der Waals surface area contributed by atoms with Crippen LogP contribution in [0.15, 0.2) is 12.7 Å². The number of rotatable bonds is 9. The predicted molar refractivity (Wildman–Crippen MR) is 68.9 cm³/mol. The molecule has 108 valence electrons. The molecule has 0 radical (unpaired) electrons. The van der Waals surface area contributed by atoms with E-state index in [0.717, 1.165) is 6.08 Å². The van der Waals surface area contributed by atoms with Crippen molar-refractivity contribution in [3.63, 3.8) is 0 Å². The van der Waals surface area contributed by atoms with Gasteiger partial charge in [0.15, 0.2) is 0 Å². The molecule has 0 rings (SSSR count). The van der Waals surface area contributed by atoms with Crippen LogP contribution < -0.4 is 45.3 Å². The number of amides is 2. The maximum atomic E-state index is 11.8. The van der Waals surface area contributed by atoms with Crippen LogP contribution in [-0.4, -0.2) is 29.9 Å². The first-order valence-electron chi connectivity index (χ1n) is 6.22. The van der Waals surface area contributed by atoms with Crippen LogP contribution >= 0.6 is 0 Å². The van der Waals surface area contributed by atoms with E-state index in [-0.39, 0.29) is 41.9 Å². The quantitative estimate of drug-likeness (QED) is 0.262. The number of carbonyl (C=O) groups excluding carboxylic acids is 3. The van der Waals surface area contributed by atoms with Gasteiger partial charge in [-0.05, 0) is 39.2 Å². The van der Waals surface area contributed by atoms with Gasteiger partial charge in [-0.25, -0.2) is 0 Å². The van der Waals surface area contributed by atoms with E-state index >= 15 is 0 Å². The largest absolute Gasteiger partial charge is 1.00 e. The second kappa shape index (κ2) is 10.9. The standard InChI is InChI=1S/C13H22N2O4.Na/c1-4-10(16)15-13(2,3)12(19)14-9-7-5-6-8-11(17)18;/h4H,1,5-9H2,2-3H3,(H,14,19)(H,15,16)(H,17,18);/q;+1/p-1. The fourth-order valence-corrected chi connectivity index (χ4v) is 1.41. The van der Waals surface area contributed by atoms with Crippen molar-refractivity contribution in [2.24, 2.45) is 0 Å². The Morgan fingerprint density at radius 2 is 1.80 bits per heavy atom. The Kier molecular flexibility index (Phi) is 11.7. The van der Waals surface area contributed by atoms with Gasteiger partial charge in [-0.15, -0.1) is 0 Å². The third-order valence-corrected chi connectivity index (χ3v) is 2.53. The Hall–Kier alpha value is -0.850. The molecule has 7 heteroatoms. The molecule has 6 nitrogen and oxygen atoms in total. The maximum absolute atomic E-state index is 11.8. The van der Waals surface area contributed by atoms with Crippen LogP contribution in [0.3, 0.4) is 0 Å². The van der Waals surface area contributed by atoms with E-state index in [2.05, 4.69) is 17.2 Å². The molecule has 0 saturated heterocycles. The van der Waals surface area contributed by atoms with Crippen molar-refractivity contribution in [2.45, 2.75) is 45.1 Å². The van der Waals surface area contributed by atoms with Gasteiger partial charge in [0, 0.05) is 12.5 Å². The number of carboxylic acid groups (broad SMARTS) is 1. The molecule has 0 aromatic rings. The van der Waals surface area contributed by atoms with Crippen LogP contribution in [-0.2, 0) is 14.4 Å². The minimum Gasteiger partial charge on any atom is -0.550 e. The van der Waals surface area contributed by atoms with Gasteiger partial charge >= 0.3 is 29.6 Å². The molecule has 0 spiro atoms. The zero-order valence-corrected chi connectivity index (χ0v) is 14.5. The first kappa shape index (κ1) is 21.4. The van der Waals surface area contributed by atoms with Crippen molar-refractivity contribution in [1.29, 1.82) is 0 Å². The van der Waals surface area contributed by atoms with Gasteiger partial charge in [0.2, 0.25) is 11.8 Å². The molecule has 20 heavy (non-hydrogen) atoms. The molecule has 0 aliphatic carbocycles. The number of carboxylic acids is 1. The van der Waals surface area contributed by atoms with E-state index in [4.69, 9.17) is 0 Å². The first-order chi connectivity index (χ1) is 8.79. The summed E-state index contributed by atoms with van der Waals surface area (Å²) in [5.41, 5.74) is -1.00. The smallest absolute Gasteiger partial charge is 0.550 e. The zero-order chi connectivity index (χ0) is 14.9. The number of unbranched alkanes of at least 4 members (excludes halogenated alkanes) is 2. The van der Waals surface area contributed by atoms with Gasteiger partial charge in [0.25, 0.3) is 0 Å². The van der Waals surface area contributed by atoms with E-state index in [1.807, 2.05) is 0 Å². The van der Waals surface area contributed by atoms with Crippen LogP contribution in [0, 0.1) is 0 Å². The first-order valence-corrected chi connectivity index (χ1v) is 6.22. The summed E-state index contributed by atoms with van der Waals surface area (Å²) in [7, 11) is 0. The Labute approximate surface area is 141 Å². The molecular formula is C13H21N2NaO4. The van der Waals surface area contributed by atoms with E-state index in [0.29, 0.717) is 25.8 Å². The van der Waals surface area contributed by atoms with E-state index in [9.17, 15) is 19.5 Å². The van der Waals surface area contributed by atoms with Gasteiger partial charge in [0.1, 0.15) is 5.54 Å². The Balaban J connectivity index is 0. The Morgan fingerprint density at radius 3 is 2.30 bits per heavy atom. The molecule has 0 fully saturated rings. The number of hydrogen-bond acceptors (Lipinski definition) is 4. The third-order valence-electron chi connectivity index (χ3n) is 2.53. The fourth-order valence-electron chi connectivity index (χ4n) is 1.41. The Bertz CT molecular complexity index is 356. The van der Waals surface area contributed by atoms with Crippen LogP contribution in [0.1, 0.15) is 39.5 Å². The van der Waals surface area contributed by atoms with Crippen molar-refractivity contribution in [3.05, 3.63) is 12.7 Å². The number of nitrogens with one attached hydrogen (secondary N) is 2. The summed E-state index contributed by atoms with van der Waals surface area (Å²) in [6.45, 7) is 6.96. The van der Waals surface area contributed by atoms with Crippen molar-refractivity contribution >= 4 is 17.8 Å². The van der Waals surface area contributed by atoms with Gasteiger partial charge in [-0.2, -0.15) is 0 Å². The maximum Gasteiger partial charge on any atom is 1.00 e. The normalized spacial score (nSPS) is 10.1. The average molecular weight is 292 g/mol. The number of hydrogen-bond donors (Lipinski definition) is 2. The molecule has 0 aliphatic rings.